The fourth-order valence-corrected chi connectivity index (χ4v) is 2.28. The van der Waals surface area contributed by atoms with Crippen LogP contribution in [0, 0.1) is 10.1 Å². The van der Waals surface area contributed by atoms with Gasteiger partial charge in [-0.3, -0.25) is 10.1 Å². The molecule has 1 aromatic carbocycles. The molecule has 0 bridgehead atoms. The van der Waals surface area contributed by atoms with Gasteiger partial charge in [-0.15, -0.1) is 0 Å². The number of rotatable bonds is 6. The normalized spacial score (nSPS) is 10.1. The van der Waals surface area contributed by atoms with E-state index in [4.69, 9.17) is 0 Å². The summed E-state index contributed by atoms with van der Waals surface area (Å²) in [4.78, 5) is 10.3. The summed E-state index contributed by atoms with van der Waals surface area (Å²) in [5, 5.41) is 13.7. The molecule has 1 aromatic rings. The van der Waals surface area contributed by atoms with Gasteiger partial charge in [0.1, 0.15) is 0 Å². The maximum absolute atomic E-state index is 10.7. The molecule has 1 rings (SSSR count). The molecule has 0 aliphatic carbocycles. The van der Waals surface area contributed by atoms with E-state index in [-0.39, 0.29) is 10.6 Å². The zero-order valence-electron chi connectivity index (χ0n) is 9.53. The molecule has 88 valence electrons. The Hall–Kier alpha value is -1.23. The minimum Gasteiger partial charge on any atom is -0.388 e. The molecule has 0 unspecified atom stereocenters. The zero-order chi connectivity index (χ0) is 12.0. The number of nitrogens with zero attached hydrogens (tertiary/aromatic N) is 1. The summed E-state index contributed by atoms with van der Waals surface area (Å²) in [7, 11) is 1.83. The molecule has 0 aromatic heterocycles. The van der Waals surface area contributed by atoms with Crippen LogP contribution < -0.4 is 5.32 Å². The molecular formula is C11H16N2O2S. The molecule has 0 amide bonds. The van der Waals surface area contributed by atoms with Crippen molar-refractivity contribution < 1.29 is 4.92 Å². The highest BCUT2D eigenvalue weighted by Crippen LogP contribution is 2.25. The van der Waals surface area contributed by atoms with Crippen LogP contribution in [0.4, 0.5) is 11.4 Å². The van der Waals surface area contributed by atoms with Gasteiger partial charge in [-0.1, -0.05) is 6.92 Å². The van der Waals surface area contributed by atoms with E-state index in [9.17, 15) is 10.1 Å². The van der Waals surface area contributed by atoms with Crippen LogP contribution >= 0.6 is 11.8 Å². The first-order valence-corrected chi connectivity index (χ1v) is 6.37. The second kappa shape index (κ2) is 6.37. The Balaban J connectivity index is 2.84. The quantitative estimate of drug-likeness (QED) is 0.471. The highest BCUT2D eigenvalue weighted by Gasteiger charge is 2.09. The summed E-state index contributed by atoms with van der Waals surface area (Å²) in [6.45, 7) is 2.12. The Morgan fingerprint density at radius 1 is 1.50 bits per heavy atom. The predicted molar refractivity (Wildman–Crippen MR) is 69.1 cm³/mol. The van der Waals surface area contributed by atoms with Crippen molar-refractivity contribution in [3.05, 3.63) is 33.9 Å². The van der Waals surface area contributed by atoms with Gasteiger partial charge in [0.2, 0.25) is 0 Å². The van der Waals surface area contributed by atoms with Crippen LogP contribution in [0.3, 0.4) is 0 Å². The zero-order valence-corrected chi connectivity index (χ0v) is 10.3. The third-order valence-corrected chi connectivity index (χ3v) is 3.39. The number of nitrogens with one attached hydrogen (secondary N) is 1. The largest absolute Gasteiger partial charge is 0.388 e. The number of hydrogen-bond donors (Lipinski definition) is 1. The lowest BCUT2D eigenvalue weighted by molar-refractivity contribution is -0.384. The Labute approximate surface area is 99.6 Å². The maximum atomic E-state index is 10.7. The van der Waals surface area contributed by atoms with E-state index in [1.54, 1.807) is 23.9 Å². The van der Waals surface area contributed by atoms with Gasteiger partial charge in [-0.25, -0.2) is 0 Å². The smallest absolute Gasteiger partial charge is 0.269 e. The van der Waals surface area contributed by atoms with Crippen molar-refractivity contribution in [1.29, 1.82) is 0 Å². The summed E-state index contributed by atoms with van der Waals surface area (Å²) in [5.41, 5.74) is 2.12. The van der Waals surface area contributed by atoms with Crippen molar-refractivity contribution in [3.8, 4) is 0 Å². The highest BCUT2D eigenvalue weighted by molar-refractivity contribution is 7.98. The summed E-state index contributed by atoms with van der Waals surface area (Å²) in [5.74, 6) is 1.89. The van der Waals surface area contributed by atoms with E-state index in [1.165, 1.54) is 6.07 Å². The first-order valence-electron chi connectivity index (χ1n) is 5.21. The predicted octanol–water partition coefficient (Wildman–Crippen LogP) is 3.28. The molecule has 0 atom stereocenters. The average molecular weight is 240 g/mol. The minimum atomic E-state index is -0.354. The van der Waals surface area contributed by atoms with Crippen LogP contribution in [0.2, 0.25) is 0 Å². The lowest BCUT2D eigenvalue weighted by Crippen LogP contribution is -1.97. The fraction of sp³-hybridized carbons (Fsp3) is 0.455. The summed E-state index contributed by atoms with van der Waals surface area (Å²) >= 11 is 1.79. The number of anilines is 1. The second-order valence-electron chi connectivity index (χ2n) is 3.40. The standard InChI is InChI=1S/C11H16N2O2S/c1-3-6-16-8-9-7-10(13(14)15)4-5-11(9)12-2/h4-5,7,12H,3,6,8H2,1-2H3. The first kappa shape index (κ1) is 12.8. The molecule has 0 aliphatic rings. The van der Waals surface area contributed by atoms with Gasteiger partial charge in [0.05, 0.1) is 4.92 Å². The van der Waals surface area contributed by atoms with Gasteiger partial charge in [-0.2, -0.15) is 11.8 Å². The van der Waals surface area contributed by atoms with Crippen LogP contribution in [-0.4, -0.2) is 17.7 Å². The lowest BCUT2D eigenvalue weighted by atomic mass is 10.2. The molecule has 0 saturated carbocycles. The third kappa shape index (κ3) is 3.41. The van der Waals surface area contributed by atoms with E-state index in [0.717, 1.165) is 29.2 Å². The van der Waals surface area contributed by atoms with Crippen LogP contribution in [-0.2, 0) is 5.75 Å². The van der Waals surface area contributed by atoms with Crippen molar-refractivity contribution in [3.63, 3.8) is 0 Å². The summed E-state index contributed by atoms with van der Waals surface area (Å²) in [6, 6.07) is 4.94. The van der Waals surface area contributed by atoms with Gasteiger partial charge in [0, 0.05) is 30.6 Å². The molecule has 0 fully saturated rings. The SMILES string of the molecule is CCCSCc1cc([N+](=O)[O-])ccc1NC. The van der Waals surface area contributed by atoms with Crippen molar-refractivity contribution in [2.75, 3.05) is 18.1 Å². The molecule has 0 heterocycles. The molecule has 16 heavy (non-hydrogen) atoms. The van der Waals surface area contributed by atoms with E-state index >= 15 is 0 Å². The van der Waals surface area contributed by atoms with E-state index < -0.39 is 0 Å². The van der Waals surface area contributed by atoms with Crippen molar-refractivity contribution >= 4 is 23.1 Å². The van der Waals surface area contributed by atoms with E-state index in [0.29, 0.717) is 0 Å². The van der Waals surface area contributed by atoms with Gasteiger partial charge in [0.15, 0.2) is 0 Å². The number of nitro groups is 1. The Kier molecular flexibility index (Phi) is 5.11. The highest BCUT2D eigenvalue weighted by atomic mass is 32.2. The third-order valence-electron chi connectivity index (χ3n) is 2.18. The molecule has 0 saturated heterocycles. The molecule has 1 N–H and O–H groups in total. The molecule has 0 radical (unpaired) electrons. The van der Waals surface area contributed by atoms with Crippen LogP contribution in [0.5, 0.6) is 0 Å². The number of non-ortho nitro benzene ring substituents is 1. The molecule has 0 aliphatic heterocycles. The van der Waals surface area contributed by atoms with Gasteiger partial charge < -0.3 is 5.32 Å². The van der Waals surface area contributed by atoms with E-state index in [2.05, 4.69) is 12.2 Å². The summed E-state index contributed by atoms with van der Waals surface area (Å²) < 4.78 is 0. The molecule has 0 spiro atoms. The average Bonchev–Trinajstić information content (AvgIpc) is 2.29. The van der Waals surface area contributed by atoms with Crippen LogP contribution in [0.15, 0.2) is 18.2 Å². The van der Waals surface area contributed by atoms with Gasteiger partial charge in [-0.05, 0) is 23.8 Å². The second-order valence-corrected chi connectivity index (χ2v) is 4.51. The number of nitro benzene ring substituents is 1. The number of benzene rings is 1. The molecular weight excluding hydrogens is 224 g/mol. The number of hydrogen-bond acceptors (Lipinski definition) is 4. The molecule has 4 nitrogen and oxygen atoms in total. The Morgan fingerprint density at radius 3 is 2.81 bits per heavy atom. The summed E-state index contributed by atoms with van der Waals surface area (Å²) in [6.07, 6.45) is 1.12. The van der Waals surface area contributed by atoms with Crippen molar-refractivity contribution in [2.24, 2.45) is 0 Å². The minimum absolute atomic E-state index is 0.158. The lowest BCUT2D eigenvalue weighted by Gasteiger charge is -2.08. The van der Waals surface area contributed by atoms with Gasteiger partial charge in [0.25, 0.3) is 5.69 Å². The van der Waals surface area contributed by atoms with Crippen molar-refractivity contribution in [2.45, 2.75) is 19.1 Å². The van der Waals surface area contributed by atoms with Crippen LogP contribution in [0.25, 0.3) is 0 Å². The van der Waals surface area contributed by atoms with Crippen LogP contribution in [0.1, 0.15) is 18.9 Å². The Morgan fingerprint density at radius 2 is 2.25 bits per heavy atom. The monoisotopic (exact) mass is 240 g/mol. The van der Waals surface area contributed by atoms with Crippen molar-refractivity contribution in [1.82, 2.24) is 0 Å². The Bertz CT molecular complexity index is 369. The fourth-order valence-electron chi connectivity index (χ4n) is 1.38. The van der Waals surface area contributed by atoms with E-state index in [1.807, 2.05) is 7.05 Å². The number of thioether (sulfide) groups is 1. The van der Waals surface area contributed by atoms with Gasteiger partial charge >= 0.3 is 0 Å². The first-order chi connectivity index (χ1) is 7.69. The maximum Gasteiger partial charge on any atom is 0.269 e. The molecule has 5 heteroatoms. The topological polar surface area (TPSA) is 55.2 Å².